The van der Waals surface area contributed by atoms with Crippen molar-refractivity contribution in [3.63, 3.8) is 0 Å². The van der Waals surface area contributed by atoms with Crippen LogP contribution in [0, 0.1) is 11.8 Å². The minimum absolute atomic E-state index is 0.0303. The molecule has 3 heterocycles. The van der Waals surface area contributed by atoms with Crippen molar-refractivity contribution in [2.45, 2.75) is 0 Å². The number of halogens is 3. The van der Waals surface area contributed by atoms with E-state index in [1.165, 1.54) is 29.1 Å². The molecule has 31 heavy (non-hydrogen) atoms. The van der Waals surface area contributed by atoms with Crippen LogP contribution in [-0.2, 0) is 11.8 Å². The van der Waals surface area contributed by atoms with Crippen molar-refractivity contribution in [3.8, 4) is 17.1 Å². The highest BCUT2D eigenvalue weighted by Gasteiger charge is 2.15. The van der Waals surface area contributed by atoms with E-state index in [2.05, 4.69) is 25.3 Å². The van der Waals surface area contributed by atoms with Crippen molar-refractivity contribution in [3.05, 3.63) is 47.2 Å². The number of aryl methyl sites for hydroxylation is 1. The van der Waals surface area contributed by atoms with Gasteiger partial charge in [-0.05, 0) is 24.3 Å². The van der Waals surface area contributed by atoms with Crippen LogP contribution in [0.2, 0.25) is 5.02 Å². The molecule has 0 bridgehead atoms. The van der Waals surface area contributed by atoms with Crippen LogP contribution in [-0.4, -0.2) is 64.1 Å². The third-order valence-corrected chi connectivity index (χ3v) is 5.08. The summed E-state index contributed by atoms with van der Waals surface area (Å²) in [5, 5.41) is 7.33. The van der Waals surface area contributed by atoms with Gasteiger partial charge in [0.25, 0.3) is 5.95 Å². The van der Waals surface area contributed by atoms with Gasteiger partial charge < -0.3 is 14.8 Å². The molecule has 0 amide bonds. The number of nitrogens with zero attached hydrogens (tertiary/aromatic N) is 5. The van der Waals surface area contributed by atoms with E-state index in [1.807, 2.05) is 0 Å². The normalized spacial score (nSPS) is 14.6. The Morgan fingerprint density at radius 1 is 1.23 bits per heavy atom. The number of benzene rings is 1. The van der Waals surface area contributed by atoms with Gasteiger partial charge in [-0.2, -0.15) is 9.37 Å². The van der Waals surface area contributed by atoms with E-state index in [1.54, 1.807) is 13.1 Å². The maximum atomic E-state index is 14.1. The zero-order valence-corrected chi connectivity index (χ0v) is 17.6. The molecule has 1 N–H and O–H groups in total. The van der Waals surface area contributed by atoms with Crippen LogP contribution >= 0.6 is 11.6 Å². The van der Waals surface area contributed by atoms with Crippen molar-refractivity contribution >= 4 is 23.2 Å². The molecular formula is C20H21ClF2N6O2. The first-order valence-electron chi connectivity index (χ1n) is 9.71. The lowest BCUT2D eigenvalue weighted by Crippen LogP contribution is -2.38. The highest BCUT2D eigenvalue weighted by Crippen LogP contribution is 2.26. The van der Waals surface area contributed by atoms with Gasteiger partial charge in [0, 0.05) is 44.1 Å². The van der Waals surface area contributed by atoms with Crippen molar-refractivity contribution < 1.29 is 18.3 Å². The molecule has 1 aromatic carbocycles. The molecule has 2 aromatic heterocycles. The van der Waals surface area contributed by atoms with Gasteiger partial charge in [0.15, 0.2) is 11.6 Å². The maximum Gasteiger partial charge on any atom is 0.255 e. The largest absolute Gasteiger partial charge is 0.487 e. The van der Waals surface area contributed by atoms with Crippen LogP contribution in [0.15, 0.2) is 30.5 Å². The molecule has 1 saturated heterocycles. The lowest BCUT2D eigenvalue weighted by molar-refractivity contribution is 0.0320. The number of morpholine rings is 1. The summed E-state index contributed by atoms with van der Waals surface area (Å²) in [5.41, 5.74) is 0.960. The number of hydrogen-bond donors (Lipinski definition) is 1. The van der Waals surface area contributed by atoms with E-state index in [-0.39, 0.29) is 10.8 Å². The monoisotopic (exact) mass is 450 g/mol. The summed E-state index contributed by atoms with van der Waals surface area (Å²) < 4.78 is 40.2. The summed E-state index contributed by atoms with van der Waals surface area (Å²) in [6.07, 6.45) is 1.34. The Balaban J connectivity index is 1.45. The quantitative estimate of drug-likeness (QED) is 0.553. The number of rotatable bonds is 7. The number of hydrogen-bond acceptors (Lipinski definition) is 7. The van der Waals surface area contributed by atoms with E-state index in [0.717, 1.165) is 13.1 Å². The predicted molar refractivity (Wildman–Crippen MR) is 112 cm³/mol. The third-order valence-electron chi connectivity index (χ3n) is 4.77. The zero-order chi connectivity index (χ0) is 21.8. The van der Waals surface area contributed by atoms with Crippen molar-refractivity contribution in [1.82, 2.24) is 24.6 Å². The lowest BCUT2D eigenvalue weighted by Gasteiger charge is -2.26. The van der Waals surface area contributed by atoms with Gasteiger partial charge in [-0.25, -0.2) is 14.1 Å². The predicted octanol–water partition coefficient (Wildman–Crippen LogP) is 3.26. The Morgan fingerprint density at radius 3 is 2.81 bits per heavy atom. The molecule has 0 unspecified atom stereocenters. The Labute approximate surface area is 182 Å². The van der Waals surface area contributed by atoms with Crippen molar-refractivity contribution in [2.75, 3.05) is 44.8 Å². The molecule has 8 nitrogen and oxygen atoms in total. The second-order valence-electron chi connectivity index (χ2n) is 6.95. The molecule has 0 spiro atoms. The van der Waals surface area contributed by atoms with E-state index in [4.69, 9.17) is 21.1 Å². The van der Waals surface area contributed by atoms with E-state index < -0.39 is 11.8 Å². The number of anilines is 2. The average molecular weight is 451 g/mol. The van der Waals surface area contributed by atoms with Crippen LogP contribution in [0.3, 0.4) is 0 Å². The van der Waals surface area contributed by atoms with E-state index >= 15 is 0 Å². The smallest absolute Gasteiger partial charge is 0.255 e. The summed E-state index contributed by atoms with van der Waals surface area (Å²) in [7, 11) is 1.68. The molecule has 1 aliphatic rings. The van der Waals surface area contributed by atoms with Crippen LogP contribution in [0.5, 0.6) is 5.75 Å². The fourth-order valence-corrected chi connectivity index (χ4v) is 3.20. The molecule has 1 aliphatic heterocycles. The first-order valence-corrected chi connectivity index (χ1v) is 10.1. The number of aromatic nitrogens is 4. The maximum absolute atomic E-state index is 14.1. The third kappa shape index (κ3) is 5.27. The van der Waals surface area contributed by atoms with Crippen molar-refractivity contribution in [1.29, 1.82) is 0 Å². The Morgan fingerprint density at radius 2 is 2.03 bits per heavy atom. The summed E-state index contributed by atoms with van der Waals surface area (Å²) in [6, 6.07) is 5.85. The van der Waals surface area contributed by atoms with Gasteiger partial charge in [-0.1, -0.05) is 11.6 Å². The van der Waals surface area contributed by atoms with Gasteiger partial charge in [-0.15, -0.1) is 5.10 Å². The van der Waals surface area contributed by atoms with Crippen LogP contribution in [0.4, 0.5) is 20.4 Å². The van der Waals surface area contributed by atoms with Crippen LogP contribution in [0.25, 0.3) is 11.4 Å². The molecular weight excluding hydrogens is 430 g/mol. The second-order valence-corrected chi connectivity index (χ2v) is 7.36. The summed E-state index contributed by atoms with van der Waals surface area (Å²) in [6.45, 7) is 4.03. The molecule has 0 radical (unpaired) electrons. The minimum Gasteiger partial charge on any atom is -0.487 e. The number of nitrogens with one attached hydrogen (secondary N) is 1. The molecule has 1 fully saturated rings. The standard InChI is InChI=1S/C20H21ClF2N6O2/c1-28-20(25-14-2-3-15(21)16(22)11-14)26-19(27-28)13-10-17(18(23)24-12-13)31-9-6-29-4-7-30-8-5-29/h2-3,10-12H,4-9H2,1H3,(H,25,26,27). The van der Waals surface area contributed by atoms with Gasteiger partial charge in [0.1, 0.15) is 12.4 Å². The first-order chi connectivity index (χ1) is 15.0. The van der Waals surface area contributed by atoms with E-state index in [0.29, 0.717) is 49.4 Å². The fraction of sp³-hybridized carbons (Fsp3) is 0.350. The Hall–Kier alpha value is -2.82. The molecule has 0 saturated carbocycles. The summed E-state index contributed by atoms with van der Waals surface area (Å²) in [5.74, 6) is -0.513. The molecule has 164 valence electrons. The molecule has 11 heteroatoms. The SMILES string of the molecule is Cn1nc(-c2cnc(F)c(OCCN3CCOCC3)c2)nc1Nc1ccc(Cl)c(F)c1. The Kier molecular flexibility index (Phi) is 6.59. The zero-order valence-electron chi connectivity index (χ0n) is 16.8. The number of ether oxygens (including phenoxy) is 2. The molecule has 3 aromatic rings. The highest BCUT2D eigenvalue weighted by molar-refractivity contribution is 6.30. The van der Waals surface area contributed by atoms with Crippen molar-refractivity contribution in [2.24, 2.45) is 7.05 Å². The lowest BCUT2D eigenvalue weighted by atomic mass is 10.2. The molecule has 4 rings (SSSR count). The minimum atomic E-state index is -0.698. The summed E-state index contributed by atoms with van der Waals surface area (Å²) in [4.78, 5) is 10.4. The van der Waals surface area contributed by atoms with Gasteiger partial charge in [0.05, 0.1) is 18.2 Å². The van der Waals surface area contributed by atoms with Crippen LogP contribution in [0.1, 0.15) is 0 Å². The molecule has 0 atom stereocenters. The highest BCUT2D eigenvalue weighted by atomic mass is 35.5. The second kappa shape index (κ2) is 9.54. The van der Waals surface area contributed by atoms with Crippen LogP contribution < -0.4 is 10.1 Å². The topological polar surface area (TPSA) is 77.3 Å². The van der Waals surface area contributed by atoms with E-state index in [9.17, 15) is 8.78 Å². The average Bonchev–Trinajstić information content (AvgIpc) is 3.13. The molecule has 0 aliphatic carbocycles. The first kappa shape index (κ1) is 21.4. The fourth-order valence-electron chi connectivity index (χ4n) is 3.08. The Bertz CT molecular complexity index is 1060. The van der Waals surface area contributed by atoms with Gasteiger partial charge >= 0.3 is 0 Å². The summed E-state index contributed by atoms with van der Waals surface area (Å²) >= 11 is 5.71. The van der Waals surface area contributed by atoms with Gasteiger partial charge in [0.2, 0.25) is 5.95 Å². The van der Waals surface area contributed by atoms with Gasteiger partial charge in [-0.3, -0.25) is 4.90 Å². The number of pyridine rings is 1.